The first-order valence-electron chi connectivity index (χ1n) is 7.16. The van der Waals surface area contributed by atoms with Gasteiger partial charge in [-0.05, 0) is 38.6 Å². The number of carbonyl (C=O) groups excluding carboxylic acids is 1. The smallest absolute Gasteiger partial charge is 0.225 e. The number of amides is 1. The van der Waals surface area contributed by atoms with Gasteiger partial charge in [0.2, 0.25) is 5.91 Å². The van der Waals surface area contributed by atoms with Crippen molar-refractivity contribution >= 4 is 5.91 Å². The lowest BCUT2D eigenvalue weighted by Gasteiger charge is -2.46. The van der Waals surface area contributed by atoms with Gasteiger partial charge in [0.25, 0.3) is 0 Å². The average Bonchev–Trinajstić information content (AvgIpc) is 2.38. The summed E-state index contributed by atoms with van der Waals surface area (Å²) in [6.45, 7) is 8.39. The van der Waals surface area contributed by atoms with Crippen LogP contribution in [0.15, 0.2) is 0 Å². The Balaban J connectivity index is 1.98. The minimum absolute atomic E-state index is 0.196. The molecule has 3 heteroatoms. The number of likely N-dealkylation sites (tertiary alicyclic amines) is 1. The van der Waals surface area contributed by atoms with Crippen LogP contribution in [0.2, 0.25) is 0 Å². The Morgan fingerprint density at radius 2 is 2.18 bits per heavy atom. The van der Waals surface area contributed by atoms with E-state index in [1.54, 1.807) is 0 Å². The molecule has 0 saturated carbocycles. The first-order valence-corrected chi connectivity index (χ1v) is 7.16. The molecule has 2 fully saturated rings. The van der Waals surface area contributed by atoms with E-state index in [1.807, 2.05) is 0 Å². The van der Waals surface area contributed by atoms with Crippen molar-refractivity contribution in [3.8, 4) is 0 Å². The van der Waals surface area contributed by atoms with Crippen LogP contribution < -0.4 is 5.32 Å². The summed E-state index contributed by atoms with van der Waals surface area (Å²) in [5.41, 5.74) is 0.389. The van der Waals surface area contributed by atoms with Crippen molar-refractivity contribution < 1.29 is 4.79 Å². The minimum atomic E-state index is 0.196. The van der Waals surface area contributed by atoms with E-state index in [0.29, 0.717) is 11.3 Å². The number of hydrogen-bond acceptors (Lipinski definition) is 2. The molecule has 0 aromatic rings. The molecule has 98 valence electrons. The van der Waals surface area contributed by atoms with Crippen molar-refractivity contribution in [2.24, 2.45) is 11.3 Å². The number of nitrogens with zero attached hydrogens (tertiary/aromatic N) is 1. The van der Waals surface area contributed by atoms with Gasteiger partial charge in [0.15, 0.2) is 0 Å². The summed E-state index contributed by atoms with van der Waals surface area (Å²) in [4.78, 5) is 14.4. The molecule has 2 atom stereocenters. The number of nitrogens with one attached hydrogen (secondary N) is 1. The molecule has 17 heavy (non-hydrogen) atoms. The second kappa shape index (κ2) is 5.38. The van der Waals surface area contributed by atoms with Gasteiger partial charge in [0.05, 0.1) is 0 Å². The maximum atomic E-state index is 12.3. The normalized spacial score (nSPS) is 31.5. The molecule has 0 aromatic heterocycles. The van der Waals surface area contributed by atoms with Crippen LogP contribution in [0.5, 0.6) is 0 Å². The van der Waals surface area contributed by atoms with Gasteiger partial charge in [-0.1, -0.05) is 13.8 Å². The van der Waals surface area contributed by atoms with Crippen molar-refractivity contribution in [3.05, 3.63) is 0 Å². The molecule has 0 radical (unpaired) electrons. The lowest BCUT2D eigenvalue weighted by molar-refractivity contribution is -0.139. The highest BCUT2D eigenvalue weighted by Gasteiger charge is 2.38. The van der Waals surface area contributed by atoms with Crippen LogP contribution in [0, 0.1) is 11.3 Å². The van der Waals surface area contributed by atoms with E-state index in [2.05, 4.69) is 24.1 Å². The maximum absolute atomic E-state index is 12.3. The molecular weight excluding hydrogens is 212 g/mol. The van der Waals surface area contributed by atoms with Crippen molar-refractivity contribution in [1.29, 1.82) is 0 Å². The van der Waals surface area contributed by atoms with E-state index in [-0.39, 0.29) is 5.92 Å². The van der Waals surface area contributed by atoms with Gasteiger partial charge in [0.1, 0.15) is 0 Å². The van der Waals surface area contributed by atoms with Crippen LogP contribution in [-0.2, 0) is 4.79 Å². The Labute approximate surface area is 105 Å². The zero-order valence-electron chi connectivity index (χ0n) is 11.3. The van der Waals surface area contributed by atoms with Crippen LogP contribution in [-0.4, -0.2) is 37.0 Å². The fraction of sp³-hybridized carbons (Fsp3) is 0.929. The van der Waals surface area contributed by atoms with Crippen molar-refractivity contribution in [3.63, 3.8) is 0 Å². The third kappa shape index (κ3) is 2.82. The summed E-state index contributed by atoms with van der Waals surface area (Å²) in [5, 5.41) is 3.51. The first kappa shape index (κ1) is 12.9. The van der Waals surface area contributed by atoms with Gasteiger partial charge in [-0.25, -0.2) is 0 Å². The summed E-state index contributed by atoms with van der Waals surface area (Å²) in [5.74, 6) is 0.568. The van der Waals surface area contributed by atoms with Crippen LogP contribution in [0.4, 0.5) is 0 Å². The predicted molar refractivity (Wildman–Crippen MR) is 69.8 cm³/mol. The molecule has 2 rings (SSSR count). The highest BCUT2D eigenvalue weighted by molar-refractivity contribution is 5.78. The van der Waals surface area contributed by atoms with Crippen LogP contribution in [0.3, 0.4) is 0 Å². The Bertz CT molecular complexity index is 266. The molecule has 0 aromatic carbocycles. The van der Waals surface area contributed by atoms with E-state index < -0.39 is 0 Å². The molecule has 2 unspecified atom stereocenters. The summed E-state index contributed by atoms with van der Waals surface area (Å²) in [7, 11) is 0. The molecule has 2 aliphatic heterocycles. The van der Waals surface area contributed by atoms with Gasteiger partial charge in [-0.2, -0.15) is 0 Å². The highest BCUT2D eigenvalue weighted by Crippen LogP contribution is 2.36. The monoisotopic (exact) mass is 238 g/mol. The first-order chi connectivity index (χ1) is 8.17. The lowest BCUT2D eigenvalue weighted by atomic mass is 9.74. The molecule has 2 saturated heterocycles. The van der Waals surface area contributed by atoms with Crippen molar-refractivity contribution in [1.82, 2.24) is 10.2 Å². The summed E-state index contributed by atoms with van der Waals surface area (Å²) < 4.78 is 0. The minimum Gasteiger partial charge on any atom is -0.342 e. The molecule has 3 nitrogen and oxygen atoms in total. The molecule has 1 N–H and O–H groups in total. The average molecular weight is 238 g/mol. The Kier molecular flexibility index (Phi) is 4.08. The zero-order valence-corrected chi connectivity index (χ0v) is 11.3. The Morgan fingerprint density at radius 3 is 2.82 bits per heavy atom. The number of carbonyl (C=O) groups is 1. The fourth-order valence-corrected chi connectivity index (χ4v) is 3.26. The third-order valence-electron chi connectivity index (χ3n) is 4.57. The number of hydrogen-bond donors (Lipinski definition) is 1. The van der Waals surface area contributed by atoms with Crippen molar-refractivity contribution in [2.45, 2.75) is 46.0 Å². The number of piperidine rings is 2. The van der Waals surface area contributed by atoms with Crippen LogP contribution in [0.1, 0.15) is 46.0 Å². The molecule has 0 bridgehead atoms. The quantitative estimate of drug-likeness (QED) is 0.798. The largest absolute Gasteiger partial charge is 0.342 e. The van der Waals surface area contributed by atoms with E-state index >= 15 is 0 Å². The molecule has 1 amide bonds. The van der Waals surface area contributed by atoms with E-state index in [9.17, 15) is 4.79 Å². The third-order valence-corrected chi connectivity index (χ3v) is 4.57. The molecule has 0 aliphatic carbocycles. The van der Waals surface area contributed by atoms with E-state index in [1.165, 1.54) is 25.7 Å². The lowest BCUT2D eigenvalue weighted by Crippen LogP contribution is -2.53. The van der Waals surface area contributed by atoms with Gasteiger partial charge in [-0.15, -0.1) is 0 Å². The highest BCUT2D eigenvalue weighted by atomic mass is 16.2. The van der Waals surface area contributed by atoms with E-state index in [0.717, 1.165) is 32.6 Å². The van der Waals surface area contributed by atoms with E-state index in [4.69, 9.17) is 0 Å². The van der Waals surface area contributed by atoms with Gasteiger partial charge in [-0.3, -0.25) is 4.79 Å². The molecular formula is C14H26N2O. The second-order valence-electron chi connectivity index (χ2n) is 5.95. The summed E-state index contributed by atoms with van der Waals surface area (Å²) >= 11 is 0. The van der Waals surface area contributed by atoms with Gasteiger partial charge in [0, 0.05) is 31.0 Å². The predicted octanol–water partition coefficient (Wildman–Crippen LogP) is 2.02. The Morgan fingerprint density at radius 1 is 1.41 bits per heavy atom. The zero-order chi connectivity index (χ0) is 12.3. The molecule has 2 heterocycles. The maximum Gasteiger partial charge on any atom is 0.225 e. The second-order valence-corrected chi connectivity index (χ2v) is 5.95. The molecule has 1 spiro atoms. The topological polar surface area (TPSA) is 32.3 Å². The van der Waals surface area contributed by atoms with Gasteiger partial charge < -0.3 is 10.2 Å². The number of rotatable bonds is 2. The van der Waals surface area contributed by atoms with Crippen LogP contribution >= 0.6 is 0 Å². The standard InChI is InChI=1S/C14H26N2O/c1-3-12(2)13(17)16-9-5-7-14(11-16)6-4-8-15-10-14/h12,15H,3-11H2,1-2H3. The summed E-state index contributed by atoms with van der Waals surface area (Å²) in [6, 6.07) is 0. The summed E-state index contributed by atoms with van der Waals surface area (Å²) in [6.07, 6.45) is 6.00. The van der Waals surface area contributed by atoms with Gasteiger partial charge >= 0.3 is 0 Å². The molecule has 2 aliphatic rings. The van der Waals surface area contributed by atoms with Crippen LogP contribution in [0.25, 0.3) is 0 Å². The van der Waals surface area contributed by atoms with Crippen molar-refractivity contribution in [2.75, 3.05) is 26.2 Å². The Hall–Kier alpha value is -0.570. The fourth-order valence-electron chi connectivity index (χ4n) is 3.26. The SMILES string of the molecule is CCC(C)C(=O)N1CCCC2(CCCNC2)C1.